The standard InChI is InChI=1S/C12H22F3N3/c1-8-6-17-5-3-4-10(17)7-18(8)11(9(2)16)12(13,14)15/h8-11H,3-7,16H2,1-2H3. The zero-order valence-corrected chi connectivity index (χ0v) is 11.0. The SMILES string of the molecule is CC(N)C(N1CC2CCCN2CC1C)C(F)(F)F. The third kappa shape index (κ3) is 2.65. The summed E-state index contributed by atoms with van der Waals surface area (Å²) in [6, 6.07) is -2.21. The van der Waals surface area contributed by atoms with Crippen LogP contribution in [0.15, 0.2) is 0 Å². The Bertz CT molecular complexity index is 293. The van der Waals surface area contributed by atoms with E-state index in [2.05, 4.69) is 4.90 Å². The van der Waals surface area contributed by atoms with Crippen LogP contribution in [0.2, 0.25) is 0 Å². The van der Waals surface area contributed by atoms with Gasteiger partial charge in [0, 0.05) is 31.2 Å². The summed E-state index contributed by atoms with van der Waals surface area (Å²) in [7, 11) is 0. The molecule has 0 aromatic carbocycles. The summed E-state index contributed by atoms with van der Waals surface area (Å²) in [6.45, 7) is 5.57. The first-order valence-electron chi connectivity index (χ1n) is 6.63. The molecule has 2 rings (SSSR count). The van der Waals surface area contributed by atoms with Gasteiger partial charge in [-0.05, 0) is 33.2 Å². The van der Waals surface area contributed by atoms with Crippen LogP contribution in [-0.4, -0.2) is 59.8 Å². The van der Waals surface area contributed by atoms with Gasteiger partial charge in [0.1, 0.15) is 6.04 Å². The van der Waals surface area contributed by atoms with E-state index in [1.165, 1.54) is 6.92 Å². The predicted molar refractivity (Wildman–Crippen MR) is 64.3 cm³/mol. The maximum atomic E-state index is 13.1. The van der Waals surface area contributed by atoms with Gasteiger partial charge < -0.3 is 5.73 Å². The van der Waals surface area contributed by atoms with Crippen molar-refractivity contribution in [3.05, 3.63) is 0 Å². The number of nitrogens with zero attached hydrogens (tertiary/aromatic N) is 2. The summed E-state index contributed by atoms with van der Waals surface area (Å²) in [4.78, 5) is 3.88. The molecule has 0 aromatic rings. The highest BCUT2D eigenvalue weighted by Gasteiger charge is 2.49. The molecule has 0 bridgehead atoms. The number of nitrogens with two attached hydrogens (primary N) is 1. The lowest BCUT2D eigenvalue weighted by molar-refractivity contribution is -0.200. The summed E-state index contributed by atoms with van der Waals surface area (Å²) in [5, 5.41) is 0. The largest absolute Gasteiger partial charge is 0.405 e. The summed E-state index contributed by atoms with van der Waals surface area (Å²) < 4.78 is 39.4. The molecule has 4 unspecified atom stereocenters. The Balaban J connectivity index is 2.14. The van der Waals surface area contributed by atoms with Crippen molar-refractivity contribution in [3.8, 4) is 0 Å². The molecule has 2 fully saturated rings. The molecule has 0 spiro atoms. The van der Waals surface area contributed by atoms with Gasteiger partial charge in [0.15, 0.2) is 0 Å². The zero-order valence-electron chi connectivity index (χ0n) is 11.0. The first-order valence-corrected chi connectivity index (χ1v) is 6.63. The molecular formula is C12H22F3N3. The van der Waals surface area contributed by atoms with Gasteiger partial charge in [0.2, 0.25) is 0 Å². The van der Waals surface area contributed by atoms with E-state index < -0.39 is 18.3 Å². The van der Waals surface area contributed by atoms with Gasteiger partial charge in [-0.1, -0.05) is 0 Å². The fourth-order valence-electron chi connectivity index (χ4n) is 3.39. The van der Waals surface area contributed by atoms with Crippen LogP contribution in [-0.2, 0) is 0 Å². The fourth-order valence-corrected chi connectivity index (χ4v) is 3.39. The van der Waals surface area contributed by atoms with Crippen molar-refractivity contribution >= 4 is 0 Å². The van der Waals surface area contributed by atoms with E-state index >= 15 is 0 Å². The minimum absolute atomic E-state index is 0.0861. The number of hydrogen-bond acceptors (Lipinski definition) is 3. The Kier molecular flexibility index (Phi) is 3.90. The summed E-state index contributed by atoms with van der Waals surface area (Å²) in [5.74, 6) is 0. The average molecular weight is 265 g/mol. The lowest BCUT2D eigenvalue weighted by Gasteiger charge is -2.47. The third-order valence-corrected chi connectivity index (χ3v) is 4.18. The van der Waals surface area contributed by atoms with E-state index in [0.717, 1.165) is 25.9 Å². The van der Waals surface area contributed by atoms with Crippen LogP contribution in [0.4, 0.5) is 13.2 Å². The number of hydrogen-bond donors (Lipinski definition) is 1. The Hall–Kier alpha value is -0.330. The molecule has 0 aromatic heterocycles. The predicted octanol–water partition coefficient (Wildman–Crippen LogP) is 1.43. The van der Waals surface area contributed by atoms with Gasteiger partial charge in [-0.2, -0.15) is 13.2 Å². The Morgan fingerprint density at radius 3 is 2.50 bits per heavy atom. The van der Waals surface area contributed by atoms with E-state index in [9.17, 15) is 13.2 Å². The number of rotatable bonds is 2. The van der Waals surface area contributed by atoms with Crippen molar-refractivity contribution in [1.82, 2.24) is 9.80 Å². The molecule has 2 aliphatic heterocycles. The molecule has 4 atom stereocenters. The van der Waals surface area contributed by atoms with Crippen molar-refractivity contribution in [2.75, 3.05) is 19.6 Å². The van der Waals surface area contributed by atoms with E-state index in [4.69, 9.17) is 5.73 Å². The quantitative estimate of drug-likeness (QED) is 0.820. The van der Waals surface area contributed by atoms with Crippen LogP contribution in [0.25, 0.3) is 0 Å². The molecule has 0 saturated carbocycles. The molecule has 3 nitrogen and oxygen atoms in total. The van der Waals surface area contributed by atoms with Crippen LogP contribution < -0.4 is 5.73 Å². The second kappa shape index (κ2) is 4.98. The number of piperazine rings is 1. The van der Waals surface area contributed by atoms with Gasteiger partial charge >= 0.3 is 6.18 Å². The van der Waals surface area contributed by atoms with E-state index in [-0.39, 0.29) is 12.1 Å². The molecule has 6 heteroatoms. The van der Waals surface area contributed by atoms with Gasteiger partial charge in [0.05, 0.1) is 0 Å². The summed E-state index contributed by atoms with van der Waals surface area (Å²) in [5.41, 5.74) is 5.58. The Morgan fingerprint density at radius 1 is 1.28 bits per heavy atom. The van der Waals surface area contributed by atoms with Crippen molar-refractivity contribution in [2.45, 2.75) is 57.0 Å². The second-order valence-electron chi connectivity index (χ2n) is 5.68. The van der Waals surface area contributed by atoms with Crippen LogP contribution in [0.1, 0.15) is 26.7 Å². The molecule has 106 valence electrons. The molecule has 2 aliphatic rings. The number of fused-ring (bicyclic) bond motifs is 1. The second-order valence-corrected chi connectivity index (χ2v) is 5.68. The number of halogens is 3. The molecule has 2 N–H and O–H groups in total. The van der Waals surface area contributed by atoms with E-state index in [1.54, 1.807) is 4.90 Å². The molecular weight excluding hydrogens is 243 g/mol. The topological polar surface area (TPSA) is 32.5 Å². The molecule has 2 heterocycles. The van der Waals surface area contributed by atoms with Gasteiger partial charge in [-0.15, -0.1) is 0 Å². The zero-order chi connectivity index (χ0) is 13.5. The van der Waals surface area contributed by atoms with Crippen LogP contribution in [0.3, 0.4) is 0 Å². The van der Waals surface area contributed by atoms with Crippen molar-refractivity contribution < 1.29 is 13.2 Å². The smallest absolute Gasteiger partial charge is 0.326 e. The highest BCUT2D eigenvalue weighted by atomic mass is 19.4. The third-order valence-electron chi connectivity index (χ3n) is 4.18. The maximum Gasteiger partial charge on any atom is 0.405 e. The molecule has 0 aliphatic carbocycles. The van der Waals surface area contributed by atoms with Gasteiger partial charge in [-0.25, -0.2) is 0 Å². The van der Waals surface area contributed by atoms with Gasteiger partial charge in [-0.3, -0.25) is 9.80 Å². The van der Waals surface area contributed by atoms with Crippen molar-refractivity contribution in [1.29, 1.82) is 0 Å². The van der Waals surface area contributed by atoms with E-state index in [1.807, 2.05) is 6.92 Å². The van der Waals surface area contributed by atoms with E-state index in [0.29, 0.717) is 6.54 Å². The van der Waals surface area contributed by atoms with Crippen molar-refractivity contribution in [2.24, 2.45) is 5.73 Å². The lowest BCUT2D eigenvalue weighted by Crippen LogP contribution is -2.65. The Labute approximate surface area is 106 Å². The molecule has 0 amide bonds. The highest BCUT2D eigenvalue weighted by Crippen LogP contribution is 2.33. The molecule has 0 radical (unpaired) electrons. The fraction of sp³-hybridized carbons (Fsp3) is 1.00. The minimum Gasteiger partial charge on any atom is -0.326 e. The highest BCUT2D eigenvalue weighted by molar-refractivity contribution is 4.97. The molecule has 2 saturated heterocycles. The Morgan fingerprint density at radius 2 is 1.94 bits per heavy atom. The maximum absolute atomic E-state index is 13.1. The van der Waals surface area contributed by atoms with Crippen LogP contribution >= 0.6 is 0 Å². The summed E-state index contributed by atoms with van der Waals surface area (Å²) >= 11 is 0. The van der Waals surface area contributed by atoms with Crippen molar-refractivity contribution in [3.63, 3.8) is 0 Å². The lowest BCUT2D eigenvalue weighted by atomic mass is 10.0. The molecule has 18 heavy (non-hydrogen) atoms. The average Bonchev–Trinajstić information content (AvgIpc) is 2.62. The normalized spacial score (nSPS) is 34.3. The number of alkyl halides is 3. The monoisotopic (exact) mass is 265 g/mol. The minimum atomic E-state index is -4.25. The summed E-state index contributed by atoms with van der Waals surface area (Å²) in [6.07, 6.45) is -2.14. The van der Waals surface area contributed by atoms with Crippen LogP contribution in [0.5, 0.6) is 0 Å². The first kappa shape index (κ1) is 14.1. The first-order chi connectivity index (χ1) is 8.30. The van der Waals surface area contributed by atoms with Gasteiger partial charge in [0.25, 0.3) is 0 Å². The van der Waals surface area contributed by atoms with Crippen LogP contribution in [0, 0.1) is 0 Å².